The molecule has 4 N–H and O–H groups in total. The quantitative estimate of drug-likeness (QED) is 0.741. The molecule has 0 saturated heterocycles. The third-order valence-corrected chi connectivity index (χ3v) is 3.30. The monoisotopic (exact) mass is 341 g/mol. The number of rotatable bonds is 6. The maximum Gasteiger partial charge on any atom is 0.224 e. The van der Waals surface area contributed by atoms with Gasteiger partial charge in [-0.2, -0.15) is 0 Å². The molecule has 0 aliphatic heterocycles. The summed E-state index contributed by atoms with van der Waals surface area (Å²) in [5.74, 6) is -0.569. The van der Waals surface area contributed by atoms with E-state index in [4.69, 9.17) is 5.73 Å². The number of hydrogen-bond acceptors (Lipinski definition) is 3. The number of hydrogen-bond donors (Lipinski definition) is 3. The van der Waals surface area contributed by atoms with E-state index in [1.807, 2.05) is 51.1 Å². The second-order valence-electron chi connectivity index (χ2n) is 6.56. The molecular weight excluding hydrogens is 314 g/mol. The van der Waals surface area contributed by atoms with Crippen molar-refractivity contribution in [1.29, 1.82) is 0 Å². The fraction of sp³-hybridized carbons (Fsp3) is 0.529. The second kappa shape index (κ2) is 9.53. The molecule has 2 amide bonds. The molecule has 0 spiro atoms. The first kappa shape index (κ1) is 21.4. The van der Waals surface area contributed by atoms with Gasteiger partial charge in [-0.3, -0.25) is 9.59 Å². The zero-order valence-corrected chi connectivity index (χ0v) is 15.1. The number of benzene rings is 1. The summed E-state index contributed by atoms with van der Waals surface area (Å²) in [6.07, 6.45) is 0.260. The summed E-state index contributed by atoms with van der Waals surface area (Å²) in [7, 11) is 0. The van der Waals surface area contributed by atoms with Crippen LogP contribution in [0.15, 0.2) is 30.3 Å². The molecule has 2 atom stereocenters. The van der Waals surface area contributed by atoms with Crippen LogP contribution >= 0.6 is 12.4 Å². The molecule has 0 saturated carbocycles. The van der Waals surface area contributed by atoms with Crippen LogP contribution in [0.5, 0.6) is 0 Å². The summed E-state index contributed by atoms with van der Waals surface area (Å²) in [5, 5.41) is 5.63. The molecule has 2 unspecified atom stereocenters. The Balaban J connectivity index is 0.00000484. The van der Waals surface area contributed by atoms with Crippen molar-refractivity contribution in [2.45, 2.75) is 45.7 Å². The second-order valence-corrected chi connectivity index (χ2v) is 6.56. The lowest BCUT2D eigenvalue weighted by molar-refractivity contribution is -0.125. The van der Waals surface area contributed by atoms with Crippen molar-refractivity contribution in [3.8, 4) is 0 Å². The molecule has 23 heavy (non-hydrogen) atoms. The van der Waals surface area contributed by atoms with Crippen molar-refractivity contribution in [1.82, 2.24) is 10.6 Å². The van der Waals surface area contributed by atoms with Crippen molar-refractivity contribution in [3.05, 3.63) is 35.9 Å². The minimum atomic E-state index is -0.357. The van der Waals surface area contributed by atoms with Crippen LogP contribution < -0.4 is 16.4 Å². The standard InChI is InChI=1S/C17H27N3O2.ClH/c1-12(15(18)13-8-6-5-7-9-13)16(22)19-11-10-14(21)20-17(2,3)4;/h5-9,12,15H,10-11,18H2,1-4H3,(H,19,22)(H,20,21);1H. The Hall–Kier alpha value is -1.59. The van der Waals surface area contributed by atoms with E-state index < -0.39 is 0 Å². The summed E-state index contributed by atoms with van der Waals surface area (Å²) in [5.41, 5.74) is 6.78. The predicted molar refractivity (Wildman–Crippen MR) is 95.3 cm³/mol. The van der Waals surface area contributed by atoms with E-state index in [1.54, 1.807) is 6.92 Å². The summed E-state index contributed by atoms with van der Waals surface area (Å²) >= 11 is 0. The highest BCUT2D eigenvalue weighted by Gasteiger charge is 2.22. The van der Waals surface area contributed by atoms with Gasteiger partial charge in [0.1, 0.15) is 0 Å². The smallest absolute Gasteiger partial charge is 0.224 e. The number of amides is 2. The molecule has 0 heterocycles. The molecule has 1 aromatic rings. The van der Waals surface area contributed by atoms with E-state index in [9.17, 15) is 9.59 Å². The highest BCUT2D eigenvalue weighted by molar-refractivity contribution is 5.85. The molecule has 0 aliphatic rings. The lowest BCUT2D eigenvalue weighted by Gasteiger charge is -2.21. The SMILES string of the molecule is CC(C(=O)NCCC(=O)NC(C)(C)C)C(N)c1ccccc1.Cl. The number of nitrogens with one attached hydrogen (secondary N) is 2. The minimum Gasteiger partial charge on any atom is -0.355 e. The summed E-state index contributed by atoms with van der Waals surface area (Å²) < 4.78 is 0. The molecule has 0 radical (unpaired) electrons. The first-order valence-electron chi connectivity index (χ1n) is 7.60. The fourth-order valence-corrected chi connectivity index (χ4v) is 2.07. The Bertz CT molecular complexity index is 500. The van der Waals surface area contributed by atoms with Gasteiger partial charge in [0.25, 0.3) is 0 Å². The van der Waals surface area contributed by atoms with Gasteiger partial charge in [-0.05, 0) is 26.3 Å². The molecule has 0 aliphatic carbocycles. The number of halogens is 1. The Kier molecular flexibility index (Phi) is 8.87. The van der Waals surface area contributed by atoms with E-state index in [2.05, 4.69) is 10.6 Å². The summed E-state index contributed by atoms with van der Waals surface area (Å²) in [6, 6.07) is 9.17. The molecule has 130 valence electrons. The van der Waals surface area contributed by atoms with E-state index >= 15 is 0 Å². The van der Waals surface area contributed by atoms with E-state index in [0.717, 1.165) is 5.56 Å². The van der Waals surface area contributed by atoms with Gasteiger partial charge in [-0.1, -0.05) is 37.3 Å². The van der Waals surface area contributed by atoms with E-state index in [-0.39, 0.29) is 48.1 Å². The summed E-state index contributed by atoms with van der Waals surface area (Å²) in [6.45, 7) is 7.87. The molecule has 0 bridgehead atoms. The van der Waals surface area contributed by atoms with Crippen LogP contribution in [0.1, 0.15) is 45.7 Å². The van der Waals surface area contributed by atoms with Gasteiger partial charge in [0, 0.05) is 24.5 Å². The van der Waals surface area contributed by atoms with Gasteiger partial charge in [0.2, 0.25) is 11.8 Å². The van der Waals surface area contributed by atoms with E-state index in [0.29, 0.717) is 6.54 Å². The maximum absolute atomic E-state index is 12.1. The normalized spacial score (nSPS) is 13.4. The number of carbonyl (C=O) groups is 2. The molecule has 6 heteroatoms. The largest absolute Gasteiger partial charge is 0.355 e. The zero-order valence-electron chi connectivity index (χ0n) is 14.3. The Morgan fingerprint density at radius 3 is 2.26 bits per heavy atom. The Morgan fingerprint density at radius 1 is 1.17 bits per heavy atom. The van der Waals surface area contributed by atoms with Crippen LogP contribution in [-0.2, 0) is 9.59 Å². The minimum absolute atomic E-state index is 0. The summed E-state index contributed by atoms with van der Waals surface area (Å²) in [4.78, 5) is 23.8. The van der Waals surface area contributed by atoms with Gasteiger partial charge >= 0.3 is 0 Å². The van der Waals surface area contributed by atoms with Crippen molar-refractivity contribution in [3.63, 3.8) is 0 Å². The molecule has 1 aromatic carbocycles. The Morgan fingerprint density at radius 2 is 1.74 bits per heavy atom. The highest BCUT2D eigenvalue weighted by Crippen LogP contribution is 2.18. The van der Waals surface area contributed by atoms with E-state index in [1.165, 1.54) is 0 Å². The van der Waals surface area contributed by atoms with Crippen LogP contribution in [0.3, 0.4) is 0 Å². The van der Waals surface area contributed by atoms with Crippen LogP contribution in [-0.4, -0.2) is 23.9 Å². The first-order valence-corrected chi connectivity index (χ1v) is 7.60. The van der Waals surface area contributed by atoms with Crippen molar-refractivity contribution in [2.75, 3.05) is 6.54 Å². The lowest BCUT2D eigenvalue weighted by Crippen LogP contribution is -2.42. The van der Waals surface area contributed by atoms with Crippen molar-refractivity contribution >= 4 is 24.2 Å². The topological polar surface area (TPSA) is 84.2 Å². The highest BCUT2D eigenvalue weighted by atomic mass is 35.5. The Labute approximate surface area is 144 Å². The third-order valence-electron chi connectivity index (χ3n) is 3.30. The van der Waals surface area contributed by atoms with Gasteiger partial charge in [-0.15, -0.1) is 12.4 Å². The number of nitrogens with two attached hydrogens (primary N) is 1. The van der Waals surface area contributed by atoms with Crippen LogP contribution in [0.4, 0.5) is 0 Å². The molecule has 0 aromatic heterocycles. The average molecular weight is 342 g/mol. The van der Waals surface area contributed by atoms with Gasteiger partial charge in [0.05, 0.1) is 5.92 Å². The lowest BCUT2D eigenvalue weighted by atomic mass is 9.95. The third kappa shape index (κ3) is 8.00. The van der Waals surface area contributed by atoms with Gasteiger partial charge in [-0.25, -0.2) is 0 Å². The zero-order chi connectivity index (χ0) is 16.8. The van der Waals surface area contributed by atoms with Crippen molar-refractivity contribution < 1.29 is 9.59 Å². The van der Waals surface area contributed by atoms with Crippen LogP contribution in [0.25, 0.3) is 0 Å². The number of carbonyl (C=O) groups excluding carboxylic acids is 2. The van der Waals surface area contributed by atoms with Gasteiger partial charge in [0.15, 0.2) is 0 Å². The molecular formula is C17H28ClN3O2. The van der Waals surface area contributed by atoms with Crippen LogP contribution in [0, 0.1) is 5.92 Å². The molecule has 5 nitrogen and oxygen atoms in total. The average Bonchev–Trinajstić information content (AvgIpc) is 2.44. The maximum atomic E-state index is 12.1. The predicted octanol–water partition coefficient (Wildman–Crippen LogP) is 2.17. The van der Waals surface area contributed by atoms with Gasteiger partial charge < -0.3 is 16.4 Å². The molecule has 1 rings (SSSR count). The fourth-order valence-electron chi connectivity index (χ4n) is 2.07. The first-order chi connectivity index (χ1) is 10.2. The molecule has 0 fully saturated rings. The van der Waals surface area contributed by atoms with Crippen molar-refractivity contribution in [2.24, 2.45) is 11.7 Å². The van der Waals surface area contributed by atoms with Crippen LogP contribution in [0.2, 0.25) is 0 Å².